The second-order valence-corrected chi connectivity index (χ2v) is 6.99. The van der Waals surface area contributed by atoms with Crippen LogP contribution in [0.2, 0.25) is 0 Å². The zero-order chi connectivity index (χ0) is 17.8. The summed E-state index contributed by atoms with van der Waals surface area (Å²) in [4.78, 5) is 21.1. The van der Waals surface area contributed by atoms with Gasteiger partial charge in [-0.05, 0) is 26.0 Å². The molecule has 0 aromatic carbocycles. The maximum absolute atomic E-state index is 11.5. The van der Waals surface area contributed by atoms with Crippen molar-refractivity contribution in [3.8, 4) is 0 Å². The van der Waals surface area contributed by atoms with Gasteiger partial charge in [-0.15, -0.1) is 0 Å². The minimum Gasteiger partial charge on any atom is -0.478 e. The van der Waals surface area contributed by atoms with Crippen molar-refractivity contribution in [2.75, 3.05) is 27.9 Å². The van der Waals surface area contributed by atoms with Crippen LogP contribution >= 0.6 is 0 Å². The first kappa shape index (κ1) is 22.8. The first-order chi connectivity index (χ1) is 10.2. The number of aliphatic carboxylic acids is 1. The van der Waals surface area contributed by atoms with E-state index in [1.54, 1.807) is 12.6 Å². The molecule has 128 valence electrons. The average Bonchev–Trinajstić information content (AvgIpc) is 2.50. The average molecular weight is 334 g/mol. The Kier molecular flexibility index (Phi) is 12.5. The Bertz CT molecular complexity index is 380. The maximum Gasteiger partial charge on any atom is 0.529 e. The summed E-state index contributed by atoms with van der Waals surface area (Å²) in [5.74, 6) is -1.31. The van der Waals surface area contributed by atoms with E-state index in [0.29, 0.717) is 12.2 Å². The SMILES string of the molecule is C=C(C)C(=O)O.CCCOC(=O)C(C)=C[Si](OC)(OC)OC. The van der Waals surface area contributed by atoms with Crippen LogP contribution in [0.15, 0.2) is 23.4 Å². The van der Waals surface area contributed by atoms with Crippen molar-refractivity contribution in [3.05, 3.63) is 23.4 Å². The number of hydrogen-bond acceptors (Lipinski definition) is 6. The Labute approximate surface area is 132 Å². The molecule has 0 spiro atoms. The molecular weight excluding hydrogens is 308 g/mol. The molecule has 0 heterocycles. The highest BCUT2D eigenvalue weighted by molar-refractivity contribution is 6.66. The van der Waals surface area contributed by atoms with E-state index in [1.165, 1.54) is 28.3 Å². The summed E-state index contributed by atoms with van der Waals surface area (Å²) in [6.45, 7) is 8.60. The fourth-order valence-electron chi connectivity index (χ4n) is 1.06. The Balaban J connectivity index is 0. The molecule has 22 heavy (non-hydrogen) atoms. The molecule has 0 unspecified atom stereocenters. The van der Waals surface area contributed by atoms with Gasteiger partial charge in [0.05, 0.1) is 6.61 Å². The molecule has 0 radical (unpaired) electrons. The van der Waals surface area contributed by atoms with Gasteiger partial charge in [0.2, 0.25) is 0 Å². The van der Waals surface area contributed by atoms with E-state index < -0.39 is 14.8 Å². The van der Waals surface area contributed by atoms with Crippen LogP contribution in [0.1, 0.15) is 27.2 Å². The number of ether oxygens (including phenoxy) is 1. The molecule has 0 aliphatic carbocycles. The van der Waals surface area contributed by atoms with E-state index in [9.17, 15) is 9.59 Å². The van der Waals surface area contributed by atoms with Crippen LogP contribution in [0, 0.1) is 0 Å². The summed E-state index contributed by atoms with van der Waals surface area (Å²) >= 11 is 0. The number of carbonyl (C=O) groups is 2. The van der Waals surface area contributed by atoms with Crippen molar-refractivity contribution in [2.45, 2.75) is 27.2 Å². The molecule has 0 bridgehead atoms. The highest BCUT2D eigenvalue weighted by Gasteiger charge is 2.36. The van der Waals surface area contributed by atoms with E-state index >= 15 is 0 Å². The Morgan fingerprint density at radius 3 is 1.82 bits per heavy atom. The summed E-state index contributed by atoms with van der Waals surface area (Å²) in [5, 5.41) is 7.89. The Morgan fingerprint density at radius 2 is 1.55 bits per heavy atom. The molecule has 0 saturated heterocycles. The molecular formula is C14H26O7Si. The summed E-state index contributed by atoms with van der Waals surface area (Å²) in [7, 11) is 1.61. The van der Waals surface area contributed by atoms with Crippen molar-refractivity contribution >= 4 is 20.7 Å². The van der Waals surface area contributed by atoms with E-state index in [0.717, 1.165) is 6.42 Å². The summed E-state index contributed by atoms with van der Waals surface area (Å²) < 4.78 is 20.5. The third-order valence-electron chi connectivity index (χ3n) is 2.37. The lowest BCUT2D eigenvalue weighted by atomic mass is 10.4. The van der Waals surface area contributed by atoms with Gasteiger partial charge in [0.25, 0.3) is 0 Å². The normalized spacial score (nSPS) is 11.3. The summed E-state index contributed by atoms with van der Waals surface area (Å²) in [6.07, 6.45) is 0.792. The van der Waals surface area contributed by atoms with Crippen LogP contribution in [-0.2, 0) is 27.6 Å². The predicted octanol–water partition coefficient (Wildman–Crippen LogP) is 1.95. The third kappa shape index (κ3) is 9.45. The van der Waals surface area contributed by atoms with E-state index in [4.69, 9.17) is 23.1 Å². The van der Waals surface area contributed by atoms with Crippen LogP contribution in [0.25, 0.3) is 0 Å². The molecule has 0 aromatic rings. The van der Waals surface area contributed by atoms with Crippen LogP contribution in [0.5, 0.6) is 0 Å². The standard InChI is InChI=1S/C10H20O5Si.C4H6O2/c1-6-7-15-10(11)9(2)8-16(12-3,13-4)14-5;1-3(2)4(5)6/h8H,6-7H2,1-5H3;1H2,2H3,(H,5,6). The Morgan fingerprint density at radius 1 is 1.14 bits per heavy atom. The number of carboxylic acids is 1. The van der Waals surface area contributed by atoms with Gasteiger partial charge in [-0.3, -0.25) is 0 Å². The van der Waals surface area contributed by atoms with Crippen LogP contribution in [0.4, 0.5) is 0 Å². The van der Waals surface area contributed by atoms with Gasteiger partial charge in [0.1, 0.15) is 0 Å². The topological polar surface area (TPSA) is 91.3 Å². The number of rotatable bonds is 8. The van der Waals surface area contributed by atoms with Gasteiger partial charge in [0.15, 0.2) is 0 Å². The number of hydrogen-bond donors (Lipinski definition) is 1. The predicted molar refractivity (Wildman–Crippen MR) is 84.2 cm³/mol. The van der Waals surface area contributed by atoms with Crippen molar-refractivity contribution in [3.63, 3.8) is 0 Å². The second kappa shape index (κ2) is 12.1. The Hall–Kier alpha value is -1.48. The molecule has 1 N–H and O–H groups in total. The lowest BCUT2D eigenvalue weighted by Gasteiger charge is -2.21. The largest absolute Gasteiger partial charge is 0.529 e. The molecule has 0 aliphatic rings. The molecule has 0 rings (SSSR count). The molecule has 7 nitrogen and oxygen atoms in total. The zero-order valence-electron chi connectivity index (χ0n) is 14.1. The highest BCUT2D eigenvalue weighted by atomic mass is 28.4. The fraction of sp³-hybridized carbons (Fsp3) is 0.571. The van der Waals surface area contributed by atoms with Crippen molar-refractivity contribution in [1.82, 2.24) is 0 Å². The third-order valence-corrected chi connectivity index (χ3v) is 4.86. The van der Waals surface area contributed by atoms with E-state index in [2.05, 4.69) is 6.58 Å². The molecule has 0 aromatic heterocycles. The first-order valence-corrected chi connectivity index (χ1v) is 8.40. The first-order valence-electron chi connectivity index (χ1n) is 6.60. The molecule has 0 atom stereocenters. The lowest BCUT2D eigenvalue weighted by molar-refractivity contribution is -0.139. The van der Waals surface area contributed by atoms with Gasteiger partial charge in [-0.2, -0.15) is 0 Å². The van der Waals surface area contributed by atoms with Crippen LogP contribution in [0.3, 0.4) is 0 Å². The molecule has 0 saturated carbocycles. The van der Waals surface area contributed by atoms with Gasteiger partial charge in [0, 0.05) is 32.5 Å². The maximum atomic E-state index is 11.5. The minimum absolute atomic E-state index is 0.176. The monoisotopic (exact) mass is 334 g/mol. The number of esters is 1. The van der Waals surface area contributed by atoms with Crippen molar-refractivity contribution < 1.29 is 32.7 Å². The van der Waals surface area contributed by atoms with Gasteiger partial charge < -0.3 is 23.1 Å². The van der Waals surface area contributed by atoms with Crippen molar-refractivity contribution in [1.29, 1.82) is 0 Å². The quantitative estimate of drug-likeness (QED) is 0.412. The van der Waals surface area contributed by atoms with Gasteiger partial charge in [-0.25, -0.2) is 9.59 Å². The molecule has 8 heteroatoms. The molecule has 0 fully saturated rings. The summed E-state index contributed by atoms with van der Waals surface area (Å²) in [5.41, 5.74) is 2.19. The fourth-order valence-corrected chi connectivity index (χ4v) is 2.56. The molecule has 0 amide bonds. The lowest BCUT2D eigenvalue weighted by Crippen LogP contribution is -2.41. The van der Waals surface area contributed by atoms with Crippen LogP contribution in [-0.4, -0.2) is 53.8 Å². The van der Waals surface area contributed by atoms with Crippen LogP contribution < -0.4 is 0 Å². The molecule has 0 aliphatic heterocycles. The van der Waals surface area contributed by atoms with E-state index in [-0.39, 0.29) is 11.5 Å². The van der Waals surface area contributed by atoms with Crippen molar-refractivity contribution in [2.24, 2.45) is 0 Å². The number of carbonyl (C=O) groups excluding carboxylic acids is 1. The van der Waals surface area contributed by atoms with Gasteiger partial charge in [-0.1, -0.05) is 13.5 Å². The smallest absolute Gasteiger partial charge is 0.478 e. The zero-order valence-corrected chi connectivity index (χ0v) is 15.1. The highest BCUT2D eigenvalue weighted by Crippen LogP contribution is 2.11. The van der Waals surface area contributed by atoms with Gasteiger partial charge >= 0.3 is 20.7 Å². The number of carboxylic acid groups (broad SMARTS) is 1. The summed E-state index contributed by atoms with van der Waals surface area (Å²) in [6, 6.07) is 0. The van der Waals surface area contributed by atoms with E-state index in [1.807, 2.05) is 6.92 Å². The second-order valence-electron chi connectivity index (χ2n) is 4.26. The minimum atomic E-state index is -2.85.